The summed E-state index contributed by atoms with van der Waals surface area (Å²) in [6, 6.07) is 8.90. The molecule has 2 aliphatic rings. The van der Waals surface area contributed by atoms with Crippen molar-refractivity contribution in [3.05, 3.63) is 35.5 Å². The van der Waals surface area contributed by atoms with E-state index in [0.717, 1.165) is 25.7 Å². The highest BCUT2D eigenvalue weighted by Crippen LogP contribution is 2.30. The summed E-state index contributed by atoms with van der Waals surface area (Å²) in [5.74, 6) is 0.664. The van der Waals surface area contributed by atoms with Gasteiger partial charge >= 0.3 is 0 Å². The van der Waals surface area contributed by atoms with Crippen molar-refractivity contribution in [1.29, 1.82) is 0 Å². The Labute approximate surface area is 124 Å². The van der Waals surface area contributed by atoms with Gasteiger partial charge in [0.1, 0.15) is 0 Å². The molecule has 0 amide bonds. The van der Waals surface area contributed by atoms with E-state index in [4.69, 9.17) is 0 Å². The maximum Gasteiger partial charge on any atom is 0.151 e. The quantitative estimate of drug-likeness (QED) is 0.889. The lowest BCUT2D eigenvalue weighted by Crippen LogP contribution is -2.45. The summed E-state index contributed by atoms with van der Waals surface area (Å²) in [4.78, 5) is 3.50. The Kier molecular flexibility index (Phi) is 3.08. The highest BCUT2D eigenvalue weighted by Gasteiger charge is 2.30. The number of hydrogen-bond acceptors (Lipinski definition) is 3. The number of fused-ring (bicyclic) bond motifs is 3. The molecule has 21 heavy (non-hydrogen) atoms. The molecule has 1 fully saturated rings. The predicted octanol–water partition coefficient (Wildman–Crippen LogP) is 1.80. The van der Waals surface area contributed by atoms with Crippen molar-refractivity contribution in [2.75, 3.05) is 11.5 Å². The molecule has 2 atom stereocenters. The molecule has 0 saturated carbocycles. The number of nitrogens with one attached hydrogen (secondary N) is 2. The van der Waals surface area contributed by atoms with E-state index in [-0.39, 0.29) is 6.04 Å². The molecule has 2 unspecified atom stereocenters. The van der Waals surface area contributed by atoms with Crippen LogP contribution in [0.25, 0.3) is 10.9 Å². The third kappa shape index (κ3) is 2.49. The second-order valence-electron chi connectivity index (χ2n) is 6.35. The smallest absolute Gasteiger partial charge is 0.151 e. The Hall–Kier alpha value is -1.33. The number of H-pyrrole nitrogens is 1. The Morgan fingerprint density at radius 1 is 1.14 bits per heavy atom. The molecular weight excluding hydrogens is 284 g/mol. The van der Waals surface area contributed by atoms with E-state index >= 15 is 0 Å². The van der Waals surface area contributed by atoms with Crippen LogP contribution in [0.15, 0.2) is 24.3 Å². The molecule has 0 bridgehead atoms. The van der Waals surface area contributed by atoms with Crippen molar-refractivity contribution >= 4 is 20.7 Å². The van der Waals surface area contributed by atoms with E-state index in [9.17, 15) is 8.42 Å². The molecule has 112 valence electrons. The highest BCUT2D eigenvalue weighted by molar-refractivity contribution is 7.91. The number of aromatic nitrogens is 1. The SMILES string of the molecule is O=S1(=O)CCCC(NC2Cc3[nH]c4ccccc4c3C2)C1. The largest absolute Gasteiger partial charge is 0.358 e. The van der Waals surface area contributed by atoms with E-state index in [1.807, 2.05) is 0 Å². The summed E-state index contributed by atoms with van der Waals surface area (Å²) in [5.41, 5.74) is 3.93. The number of rotatable bonds is 2. The zero-order chi connectivity index (χ0) is 14.4. The number of sulfone groups is 1. The van der Waals surface area contributed by atoms with E-state index in [1.165, 1.54) is 22.2 Å². The highest BCUT2D eigenvalue weighted by atomic mass is 32.2. The first kappa shape index (κ1) is 13.3. The fourth-order valence-electron chi connectivity index (χ4n) is 3.83. The monoisotopic (exact) mass is 304 g/mol. The first-order valence-electron chi connectivity index (χ1n) is 7.66. The Balaban J connectivity index is 1.50. The first-order chi connectivity index (χ1) is 10.1. The van der Waals surface area contributed by atoms with Crippen molar-refractivity contribution < 1.29 is 8.42 Å². The van der Waals surface area contributed by atoms with Gasteiger partial charge in [0.15, 0.2) is 9.84 Å². The van der Waals surface area contributed by atoms with Gasteiger partial charge in [-0.2, -0.15) is 0 Å². The molecule has 1 aliphatic carbocycles. The van der Waals surface area contributed by atoms with E-state index in [2.05, 4.69) is 34.6 Å². The summed E-state index contributed by atoms with van der Waals surface area (Å²) in [6.45, 7) is 0. The molecule has 1 aromatic carbocycles. The lowest BCUT2D eigenvalue weighted by Gasteiger charge is -2.26. The molecule has 1 aromatic heterocycles. The van der Waals surface area contributed by atoms with Gasteiger partial charge in [-0.15, -0.1) is 0 Å². The minimum atomic E-state index is -2.83. The van der Waals surface area contributed by atoms with Gasteiger partial charge < -0.3 is 10.3 Å². The summed E-state index contributed by atoms with van der Waals surface area (Å²) >= 11 is 0. The molecule has 2 aromatic rings. The van der Waals surface area contributed by atoms with Gasteiger partial charge in [0, 0.05) is 35.1 Å². The minimum absolute atomic E-state index is 0.129. The summed E-state index contributed by atoms with van der Waals surface area (Å²) in [6.07, 6.45) is 3.74. The minimum Gasteiger partial charge on any atom is -0.358 e. The van der Waals surface area contributed by atoms with Gasteiger partial charge in [-0.05, 0) is 30.9 Å². The van der Waals surface area contributed by atoms with Crippen molar-refractivity contribution in [3.63, 3.8) is 0 Å². The molecule has 1 saturated heterocycles. The second kappa shape index (κ2) is 4.85. The lowest BCUT2D eigenvalue weighted by atomic mass is 10.1. The normalized spacial score (nSPS) is 27.8. The van der Waals surface area contributed by atoms with Crippen molar-refractivity contribution in [1.82, 2.24) is 10.3 Å². The zero-order valence-electron chi connectivity index (χ0n) is 11.9. The van der Waals surface area contributed by atoms with Crippen molar-refractivity contribution in [2.24, 2.45) is 0 Å². The van der Waals surface area contributed by atoms with E-state index in [1.54, 1.807) is 0 Å². The first-order valence-corrected chi connectivity index (χ1v) is 9.48. The molecule has 5 heteroatoms. The van der Waals surface area contributed by atoms with E-state index in [0.29, 0.717) is 17.5 Å². The van der Waals surface area contributed by atoms with Crippen LogP contribution in [0.3, 0.4) is 0 Å². The number of hydrogen-bond donors (Lipinski definition) is 2. The summed E-state index contributed by atoms with van der Waals surface area (Å²) in [5, 5.41) is 4.89. The van der Waals surface area contributed by atoms with Crippen LogP contribution in [0.5, 0.6) is 0 Å². The number of para-hydroxylation sites is 1. The average Bonchev–Trinajstić information content (AvgIpc) is 2.94. The fraction of sp³-hybridized carbons (Fsp3) is 0.500. The van der Waals surface area contributed by atoms with Crippen LogP contribution >= 0.6 is 0 Å². The van der Waals surface area contributed by atoms with Gasteiger partial charge in [0.25, 0.3) is 0 Å². The van der Waals surface area contributed by atoms with Crippen LogP contribution in [-0.2, 0) is 22.7 Å². The van der Waals surface area contributed by atoms with E-state index < -0.39 is 9.84 Å². The third-order valence-corrected chi connectivity index (χ3v) is 6.56. The molecular formula is C16H20N2O2S. The Morgan fingerprint density at radius 2 is 2.00 bits per heavy atom. The van der Waals surface area contributed by atoms with Crippen molar-refractivity contribution in [3.8, 4) is 0 Å². The van der Waals surface area contributed by atoms with Crippen LogP contribution < -0.4 is 5.32 Å². The van der Waals surface area contributed by atoms with Crippen LogP contribution in [0.2, 0.25) is 0 Å². The van der Waals surface area contributed by atoms with Gasteiger partial charge in [-0.3, -0.25) is 0 Å². The molecule has 4 nitrogen and oxygen atoms in total. The molecule has 4 rings (SSSR count). The van der Waals surface area contributed by atoms with Crippen LogP contribution in [0.1, 0.15) is 24.1 Å². The molecule has 0 radical (unpaired) electrons. The van der Waals surface area contributed by atoms with Crippen LogP contribution in [-0.4, -0.2) is 37.0 Å². The Bertz CT molecular complexity index is 779. The van der Waals surface area contributed by atoms with Crippen LogP contribution in [0.4, 0.5) is 0 Å². The summed E-state index contributed by atoms with van der Waals surface area (Å²) in [7, 11) is -2.83. The number of aromatic amines is 1. The third-order valence-electron chi connectivity index (χ3n) is 4.74. The summed E-state index contributed by atoms with van der Waals surface area (Å²) < 4.78 is 23.5. The lowest BCUT2D eigenvalue weighted by molar-refractivity contribution is 0.421. The average molecular weight is 304 g/mol. The fourth-order valence-corrected chi connectivity index (χ4v) is 5.48. The van der Waals surface area contributed by atoms with Gasteiger partial charge in [-0.25, -0.2) is 8.42 Å². The standard InChI is InChI=1S/C16H20N2O2S/c19-21(20)7-3-4-11(10-21)17-12-8-14-13-5-1-2-6-15(13)18-16(14)9-12/h1-2,5-6,11-12,17-18H,3-4,7-10H2. The van der Waals surface area contributed by atoms with Gasteiger partial charge in [0.2, 0.25) is 0 Å². The molecule has 1 aliphatic heterocycles. The molecule has 0 spiro atoms. The van der Waals surface area contributed by atoms with Crippen LogP contribution in [0, 0.1) is 0 Å². The maximum absolute atomic E-state index is 11.7. The maximum atomic E-state index is 11.7. The van der Waals surface area contributed by atoms with Crippen molar-refractivity contribution in [2.45, 2.75) is 37.8 Å². The zero-order valence-corrected chi connectivity index (χ0v) is 12.7. The molecule has 2 N–H and O–H groups in total. The predicted molar refractivity (Wildman–Crippen MR) is 84.3 cm³/mol. The number of benzene rings is 1. The second-order valence-corrected chi connectivity index (χ2v) is 8.58. The molecule has 2 heterocycles. The van der Waals surface area contributed by atoms with Gasteiger partial charge in [-0.1, -0.05) is 18.2 Å². The van der Waals surface area contributed by atoms with Gasteiger partial charge in [0.05, 0.1) is 11.5 Å². The Morgan fingerprint density at radius 3 is 2.86 bits per heavy atom. The topological polar surface area (TPSA) is 62.0 Å².